The molecule has 1 aromatic carbocycles. The van der Waals surface area contributed by atoms with Crippen LogP contribution in [0.5, 0.6) is 11.5 Å². The summed E-state index contributed by atoms with van der Waals surface area (Å²) in [7, 11) is 0. The highest BCUT2D eigenvalue weighted by molar-refractivity contribution is 8.14. The maximum Gasteiger partial charge on any atom is 0.334 e. The summed E-state index contributed by atoms with van der Waals surface area (Å²) in [5.74, 6) is 0.978. The van der Waals surface area contributed by atoms with Crippen molar-refractivity contribution in [3.63, 3.8) is 0 Å². The molecule has 0 fully saturated rings. The predicted molar refractivity (Wildman–Crippen MR) is 111 cm³/mol. The number of unbranched alkanes of at least 4 members (excludes halogenated alkanes) is 4. The third-order valence-electron chi connectivity index (χ3n) is 4.43. The molecule has 0 unspecified atom stereocenters. The van der Waals surface area contributed by atoms with Crippen molar-refractivity contribution in [2.24, 2.45) is 4.99 Å². The largest absolute Gasteiger partial charge is 0.507 e. The van der Waals surface area contributed by atoms with E-state index in [9.17, 15) is 9.90 Å². The molecule has 27 heavy (non-hydrogen) atoms. The number of ether oxygens (including phenoxy) is 2. The van der Waals surface area contributed by atoms with E-state index in [-0.39, 0.29) is 11.7 Å². The van der Waals surface area contributed by atoms with E-state index in [4.69, 9.17) is 9.47 Å². The topological polar surface area (TPSA) is 68.1 Å². The molecule has 150 valence electrons. The number of phenols is 1. The van der Waals surface area contributed by atoms with Crippen LogP contribution in [0.2, 0.25) is 0 Å². The van der Waals surface area contributed by atoms with E-state index in [0.29, 0.717) is 35.3 Å². The second-order valence-electron chi connectivity index (χ2n) is 7.06. The first-order chi connectivity index (χ1) is 13.0. The SMILES string of the molecule is CCCCCCCOc1ccc(C2=N[C@@](C)(C(=O)OCCC)CS2)c(O)c1. The summed E-state index contributed by atoms with van der Waals surface area (Å²) in [6.07, 6.45) is 6.70. The molecule has 0 aliphatic carbocycles. The van der Waals surface area contributed by atoms with Gasteiger partial charge in [0.15, 0.2) is 5.54 Å². The summed E-state index contributed by atoms with van der Waals surface area (Å²) in [4.78, 5) is 16.8. The van der Waals surface area contributed by atoms with Gasteiger partial charge in [0.05, 0.1) is 13.2 Å². The average molecular weight is 394 g/mol. The molecule has 1 atom stereocenters. The second kappa shape index (κ2) is 10.6. The zero-order valence-electron chi connectivity index (χ0n) is 16.6. The fourth-order valence-electron chi connectivity index (χ4n) is 2.77. The summed E-state index contributed by atoms with van der Waals surface area (Å²) in [6, 6.07) is 5.27. The van der Waals surface area contributed by atoms with Gasteiger partial charge in [0.1, 0.15) is 16.5 Å². The van der Waals surface area contributed by atoms with Gasteiger partial charge in [-0.05, 0) is 31.9 Å². The molecule has 0 bridgehead atoms. The number of aliphatic imine (C=N–C) groups is 1. The Hall–Kier alpha value is -1.69. The lowest BCUT2D eigenvalue weighted by Crippen LogP contribution is -2.35. The smallest absolute Gasteiger partial charge is 0.334 e. The molecule has 6 heteroatoms. The summed E-state index contributed by atoms with van der Waals surface area (Å²) >= 11 is 1.46. The van der Waals surface area contributed by atoms with Gasteiger partial charge in [-0.15, -0.1) is 11.8 Å². The van der Waals surface area contributed by atoms with E-state index < -0.39 is 5.54 Å². The number of aromatic hydroxyl groups is 1. The molecule has 2 rings (SSSR count). The predicted octanol–water partition coefficient (Wildman–Crippen LogP) is 4.95. The van der Waals surface area contributed by atoms with Gasteiger partial charge < -0.3 is 14.6 Å². The summed E-state index contributed by atoms with van der Waals surface area (Å²) in [5.41, 5.74) is -0.266. The number of hydrogen-bond acceptors (Lipinski definition) is 6. The molecule has 5 nitrogen and oxygen atoms in total. The lowest BCUT2D eigenvalue weighted by atomic mass is 10.1. The quantitative estimate of drug-likeness (QED) is 0.426. The summed E-state index contributed by atoms with van der Waals surface area (Å²) in [5, 5.41) is 11.0. The molecule has 0 aromatic heterocycles. The highest BCUT2D eigenvalue weighted by Crippen LogP contribution is 2.36. The van der Waals surface area contributed by atoms with Crippen LogP contribution in [-0.2, 0) is 9.53 Å². The van der Waals surface area contributed by atoms with Gasteiger partial charge >= 0.3 is 5.97 Å². The highest BCUT2D eigenvalue weighted by atomic mass is 32.2. The number of nitrogens with zero attached hydrogens (tertiary/aromatic N) is 1. The molecule has 0 spiro atoms. The minimum absolute atomic E-state index is 0.121. The van der Waals surface area contributed by atoms with Gasteiger partial charge in [0, 0.05) is 17.4 Å². The second-order valence-corrected chi connectivity index (χ2v) is 8.02. The minimum atomic E-state index is -0.894. The Labute approximate surface area is 166 Å². The molecule has 1 N–H and O–H groups in total. The third kappa shape index (κ3) is 6.16. The van der Waals surface area contributed by atoms with Crippen molar-refractivity contribution in [3.05, 3.63) is 23.8 Å². The summed E-state index contributed by atoms with van der Waals surface area (Å²) in [6.45, 7) is 6.99. The van der Waals surface area contributed by atoms with Crippen LogP contribution in [0.3, 0.4) is 0 Å². The first-order valence-electron chi connectivity index (χ1n) is 9.86. The average Bonchev–Trinajstić information content (AvgIpc) is 3.06. The third-order valence-corrected chi connectivity index (χ3v) is 5.72. The lowest BCUT2D eigenvalue weighted by molar-refractivity contribution is -0.148. The van der Waals surface area contributed by atoms with Gasteiger partial charge in [0.2, 0.25) is 0 Å². The molecule has 0 amide bonds. The van der Waals surface area contributed by atoms with E-state index in [2.05, 4.69) is 11.9 Å². The number of phenolic OH excluding ortho intramolecular Hbond substituents is 1. The summed E-state index contributed by atoms with van der Waals surface area (Å²) < 4.78 is 11.0. The Balaban J connectivity index is 1.95. The van der Waals surface area contributed by atoms with Crippen molar-refractivity contribution in [3.8, 4) is 11.5 Å². The molecular weight excluding hydrogens is 362 g/mol. The zero-order chi connectivity index (χ0) is 19.7. The van der Waals surface area contributed by atoms with Crippen molar-refractivity contribution in [1.82, 2.24) is 0 Å². The van der Waals surface area contributed by atoms with Crippen LogP contribution < -0.4 is 4.74 Å². The van der Waals surface area contributed by atoms with Crippen molar-refractivity contribution >= 4 is 22.8 Å². The van der Waals surface area contributed by atoms with Gasteiger partial charge in [-0.1, -0.05) is 39.5 Å². The molecule has 1 aromatic rings. The number of esters is 1. The molecule has 1 aliphatic rings. The van der Waals surface area contributed by atoms with Crippen LogP contribution in [0, 0.1) is 0 Å². The van der Waals surface area contributed by atoms with E-state index in [0.717, 1.165) is 19.3 Å². The zero-order valence-corrected chi connectivity index (χ0v) is 17.4. The number of carbonyl (C=O) groups excluding carboxylic acids is 1. The molecule has 0 saturated heterocycles. The molecular formula is C21H31NO4S. The molecule has 1 heterocycles. The maximum atomic E-state index is 12.2. The Kier molecular flexibility index (Phi) is 8.48. The van der Waals surface area contributed by atoms with Gasteiger partial charge in [0.25, 0.3) is 0 Å². The van der Waals surface area contributed by atoms with E-state index in [1.54, 1.807) is 19.1 Å². The van der Waals surface area contributed by atoms with E-state index in [1.165, 1.54) is 31.0 Å². The van der Waals surface area contributed by atoms with Gasteiger partial charge in [-0.25, -0.2) is 4.79 Å². The van der Waals surface area contributed by atoms with Crippen LogP contribution in [-0.4, -0.2) is 40.6 Å². The molecule has 1 aliphatic heterocycles. The Morgan fingerprint density at radius 1 is 1.19 bits per heavy atom. The monoisotopic (exact) mass is 393 g/mol. The Morgan fingerprint density at radius 2 is 1.96 bits per heavy atom. The fourth-order valence-corrected chi connectivity index (χ4v) is 3.96. The highest BCUT2D eigenvalue weighted by Gasteiger charge is 2.40. The first-order valence-corrected chi connectivity index (χ1v) is 10.8. The van der Waals surface area contributed by atoms with Gasteiger partial charge in [-0.2, -0.15) is 0 Å². The first kappa shape index (κ1) is 21.6. The number of thioether (sulfide) groups is 1. The van der Waals surface area contributed by atoms with Crippen LogP contribution in [0.1, 0.15) is 64.9 Å². The van der Waals surface area contributed by atoms with Crippen LogP contribution in [0.4, 0.5) is 0 Å². The Morgan fingerprint density at radius 3 is 2.67 bits per heavy atom. The van der Waals surface area contributed by atoms with Crippen LogP contribution in [0.15, 0.2) is 23.2 Å². The van der Waals surface area contributed by atoms with Gasteiger partial charge in [-0.3, -0.25) is 4.99 Å². The molecule has 0 radical (unpaired) electrons. The van der Waals surface area contributed by atoms with Crippen LogP contribution in [0.25, 0.3) is 0 Å². The minimum Gasteiger partial charge on any atom is -0.507 e. The maximum absolute atomic E-state index is 12.2. The number of benzene rings is 1. The number of rotatable bonds is 11. The van der Waals surface area contributed by atoms with Crippen LogP contribution >= 0.6 is 11.8 Å². The lowest BCUT2D eigenvalue weighted by Gasteiger charge is -2.17. The van der Waals surface area contributed by atoms with E-state index in [1.807, 2.05) is 13.0 Å². The van der Waals surface area contributed by atoms with Crippen molar-refractivity contribution < 1.29 is 19.4 Å². The van der Waals surface area contributed by atoms with Crippen molar-refractivity contribution in [2.45, 2.75) is 64.8 Å². The number of carbonyl (C=O) groups is 1. The fraction of sp³-hybridized carbons (Fsp3) is 0.619. The normalized spacial score (nSPS) is 19.0. The Bertz CT molecular complexity index is 662. The van der Waals surface area contributed by atoms with Crippen molar-refractivity contribution in [2.75, 3.05) is 19.0 Å². The number of hydrogen-bond donors (Lipinski definition) is 1. The standard InChI is InChI=1S/C21H31NO4S/c1-4-6-7-8-9-13-25-16-10-11-17(18(23)14-16)19-22-21(3,15-27-19)20(24)26-12-5-2/h10-11,14,23H,4-9,12-13,15H2,1-3H3/t21-/m1/s1. The van der Waals surface area contributed by atoms with Crippen molar-refractivity contribution in [1.29, 1.82) is 0 Å². The van der Waals surface area contributed by atoms with E-state index >= 15 is 0 Å². The molecule has 0 saturated carbocycles.